The van der Waals surface area contributed by atoms with Crippen LogP contribution in [-0.2, 0) is 22.6 Å². The number of methoxy groups -OCH3 is 1. The first-order valence-electron chi connectivity index (χ1n) is 7.80. The molecule has 2 aromatic heterocycles. The Kier molecular flexibility index (Phi) is 5.67. The van der Waals surface area contributed by atoms with E-state index >= 15 is 0 Å². The van der Waals surface area contributed by atoms with E-state index in [9.17, 15) is 4.79 Å². The van der Waals surface area contributed by atoms with Gasteiger partial charge in [0.1, 0.15) is 6.61 Å². The van der Waals surface area contributed by atoms with Gasteiger partial charge >= 0.3 is 0 Å². The molecule has 25 heavy (non-hydrogen) atoms. The van der Waals surface area contributed by atoms with Gasteiger partial charge in [-0.2, -0.15) is 4.98 Å². The van der Waals surface area contributed by atoms with Gasteiger partial charge in [0.25, 0.3) is 0 Å². The normalized spacial score (nSPS) is 11.1. The standard InChI is InChI=1S/C16H19N5O3S/c1-10-3-4-11-12(7-10)19-16(18-11)25-9-14(22)17-6-5-15-20-13(8-23-2)21-24-15/h3-4,7H,5-6,8-9H2,1-2H3,(H,17,22)(H,18,19). The van der Waals surface area contributed by atoms with Crippen LogP contribution in [0.4, 0.5) is 0 Å². The van der Waals surface area contributed by atoms with Crippen LogP contribution in [0.1, 0.15) is 17.3 Å². The van der Waals surface area contributed by atoms with Crippen molar-refractivity contribution < 1.29 is 14.1 Å². The number of amides is 1. The summed E-state index contributed by atoms with van der Waals surface area (Å²) in [6.07, 6.45) is 0.483. The summed E-state index contributed by atoms with van der Waals surface area (Å²) >= 11 is 1.37. The average molecular weight is 361 g/mol. The second-order valence-corrected chi connectivity index (χ2v) is 6.45. The minimum absolute atomic E-state index is 0.0710. The molecule has 0 spiro atoms. The first kappa shape index (κ1) is 17.4. The summed E-state index contributed by atoms with van der Waals surface area (Å²) in [6.45, 7) is 2.78. The number of imidazole rings is 1. The third-order valence-electron chi connectivity index (χ3n) is 3.40. The summed E-state index contributed by atoms with van der Waals surface area (Å²) in [6, 6.07) is 6.02. The molecule has 0 radical (unpaired) electrons. The van der Waals surface area contributed by atoms with E-state index in [0.29, 0.717) is 31.3 Å². The quantitative estimate of drug-likeness (QED) is 0.590. The molecular weight excluding hydrogens is 342 g/mol. The molecule has 0 aliphatic heterocycles. The van der Waals surface area contributed by atoms with Crippen LogP contribution in [0, 0.1) is 6.92 Å². The third kappa shape index (κ3) is 4.80. The van der Waals surface area contributed by atoms with Crippen molar-refractivity contribution in [3.63, 3.8) is 0 Å². The molecule has 2 N–H and O–H groups in total. The van der Waals surface area contributed by atoms with E-state index in [-0.39, 0.29) is 11.7 Å². The zero-order valence-electron chi connectivity index (χ0n) is 14.0. The molecule has 132 valence electrons. The maximum absolute atomic E-state index is 11.9. The molecule has 1 amide bonds. The lowest BCUT2D eigenvalue weighted by molar-refractivity contribution is -0.118. The van der Waals surface area contributed by atoms with Crippen LogP contribution in [0.2, 0.25) is 0 Å². The molecular formula is C16H19N5O3S. The van der Waals surface area contributed by atoms with Gasteiger partial charge in [-0.15, -0.1) is 0 Å². The molecule has 3 rings (SSSR count). The van der Waals surface area contributed by atoms with E-state index in [1.165, 1.54) is 17.3 Å². The number of carbonyl (C=O) groups excluding carboxylic acids is 1. The van der Waals surface area contributed by atoms with Gasteiger partial charge in [-0.05, 0) is 24.6 Å². The predicted molar refractivity (Wildman–Crippen MR) is 93.3 cm³/mol. The predicted octanol–water partition coefficient (Wildman–Crippen LogP) is 1.85. The maximum atomic E-state index is 11.9. The zero-order chi connectivity index (χ0) is 17.6. The number of benzene rings is 1. The molecule has 0 unspecified atom stereocenters. The smallest absolute Gasteiger partial charge is 0.230 e. The Bertz CT molecular complexity index is 860. The molecule has 0 fully saturated rings. The summed E-state index contributed by atoms with van der Waals surface area (Å²) in [5.74, 6) is 1.20. The number of carbonyl (C=O) groups is 1. The van der Waals surface area contributed by atoms with Crippen LogP contribution < -0.4 is 5.32 Å². The molecule has 0 saturated carbocycles. The number of rotatable bonds is 8. The number of aryl methyl sites for hydroxylation is 1. The van der Waals surface area contributed by atoms with E-state index in [2.05, 4.69) is 25.4 Å². The Morgan fingerprint density at radius 2 is 2.28 bits per heavy atom. The van der Waals surface area contributed by atoms with Gasteiger partial charge in [0, 0.05) is 20.1 Å². The number of aromatic amines is 1. The fraction of sp³-hybridized carbons (Fsp3) is 0.375. The number of hydrogen-bond acceptors (Lipinski definition) is 7. The highest BCUT2D eigenvalue weighted by molar-refractivity contribution is 7.99. The number of ether oxygens (including phenoxy) is 1. The molecule has 1 aromatic carbocycles. The van der Waals surface area contributed by atoms with Gasteiger partial charge < -0.3 is 19.6 Å². The van der Waals surface area contributed by atoms with Crippen LogP contribution in [0.5, 0.6) is 0 Å². The molecule has 0 atom stereocenters. The number of H-pyrrole nitrogens is 1. The highest BCUT2D eigenvalue weighted by atomic mass is 32.2. The van der Waals surface area contributed by atoms with Crippen molar-refractivity contribution in [1.29, 1.82) is 0 Å². The Hall–Kier alpha value is -2.39. The molecule has 0 bridgehead atoms. The van der Waals surface area contributed by atoms with Gasteiger partial charge in [0.05, 0.1) is 16.8 Å². The average Bonchev–Trinajstić information content (AvgIpc) is 3.19. The minimum Gasteiger partial charge on any atom is -0.377 e. The van der Waals surface area contributed by atoms with Crippen molar-refractivity contribution in [1.82, 2.24) is 25.4 Å². The van der Waals surface area contributed by atoms with Gasteiger partial charge in [-0.1, -0.05) is 23.0 Å². The van der Waals surface area contributed by atoms with E-state index in [4.69, 9.17) is 9.26 Å². The van der Waals surface area contributed by atoms with E-state index in [1.54, 1.807) is 7.11 Å². The van der Waals surface area contributed by atoms with Crippen LogP contribution in [0.25, 0.3) is 11.0 Å². The number of nitrogens with zero attached hydrogens (tertiary/aromatic N) is 3. The lowest BCUT2D eigenvalue weighted by atomic mass is 10.2. The third-order valence-corrected chi connectivity index (χ3v) is 4.27. The molecule has 2 heterocycles. The van der Waals surface area contributed by atoms with Crippen molar-refractivity contribution in [2.24, 2.45) is 0 Å². The van der Waals surface area contributed by atoms with Crippen molar-refractivity contribution >= 4 is 28.7 Å². The fourth-order valence-corrected chi connectivity index (χ4v) is 2.96. The summed E-state index contributed by atoms with van der Waals surface area (Å²) in [4.78, 5) is 23.7. The van der Waals surface area contributed by atoms with E-state index in [0.717, 1.165) is 16.2 Å². The summed E-state index contributed by atoms with van der Waals surface area (Å²) in [5, 5.41) is 7.32. The molecule has 0 aliphatic rings. The van der Waals surface area contributed by atoms with Crippen LogP contribution in [0.15, 0.2) is 27.9 Å². The van der Waals surface area contributed by atoms with Gasteiger partial charge in [0.15, 0.2) is 11.0 Å². The summed E-state index contributed by atoms with van der Waals surface area (Å²) in [7, 11) is 1.57. The van der Waals surface area contributed by atoms with E-state index in [1.807, 2.05) is 25.1 Å². The molecule has 3 aromatic rings. The topological polar surface area (TPSA) is 106 Å². The lowest BCUT2D eigenvalue weighted by Gasteiger charge is -2.01. The largest absolute Gasteiger partial charge is 0.377 e. The number of thioether (sulfide) groups is 1. The number of nitrogens with one attached hydrogen (secondary N) is 2. The maximum Gasteiger partial charge on any atom is 0.230 e. The second-order valence-electron chi connectivity index (χ2n) is 5.49. The Morgan fingerprint density at radius 3 is 3.12 bits per heavy atom. The van der Waals surface area contributed by atoms with Crippen molar-refractivity contribution in [3.05, 3.63) is 35.5 Å². The Balaban J connectivity index is 1.42. The van der Waals surface area contributed by atoms with Gasteiger partial charge in [0.2, 0.25) is 11.8 Å². The minimum atomic E-state index is -0.0710. The molecule has 8 nitrogen and oxygen atoms in total. The van der Waals surface area contributed by atoms with Crippen LogP contribution in [0.3, 0.4) is 0 Å². The van der Waals surface area contributed by atoms with Gasteiger partial charge in [-0.3, -0.25) is 4.79 Å². The molecule has 9 heteroatoms. The first-order chi connectivity index (χ1) is 12.1. The fourth-order valence-electron chi connectivity index (χ4n) is 2.24. The molecule has 0 saturated heterocycles. The molecule has 0 aliphatic carbocycles. The van der Waals surface area contributed by atoms with Crippen molar-refractivity contribution in [3.8, 4) is 0 Å². The Labute approximate surface area is 148 Å². The highest BCUT2D eigenvalue weighted by Gasteiger charge is 2.09. The van der Waals surface area contributed by atoms with Crippen LogP contribution >= 0.6 is 11.8 Å². The lowest BCUT2D eigenvalue weighted by Crippen LogP contribution is -2.27. The highest BCUT2D eigenvalue weighted by Crippen LogP contribution is 2.20. The van der Waals surface area contributed by atoms with Crippen LogP contribution in [-0.4, -0.2) is 45.4 Å². The second kappa shape index (κ2) is 8.13. The van der Waals surface area contributed by atoms with Crippen molar-refractivity contribution in [2.75, 3.05) is 19.4 Å². The SMILES string of the molecule is COCc1noc(CCNC(=O)CSc2nc3ccc(C)cc3[nH]2)n1. The monoisotopic (exact) mass is 361 g/mol. The summed E-state index contributed by atoms with van der Waals surface area (Å²) < 4.78 is 9.98. The number of fused-ring (bicyclic) bond motifs is 1. The summed E-state index contributed by atoms with van der Waals surface area (Å²) in [5.41, 5.74) is 3.04. The van der Waals surface area contributed by atoms with Gasteiger partial charge in [-0.25, -0.2) is 4.98 Å². The number of hydrogen-bond donors (Lipinski definition) is 2. The van der Waals surface area contributed by atoms with E-state index < -0.39 is 0 Å². The Morgan fingerprint density at radius 1 is 1.40 bits per heavy atom. The number of aromatic nitrogens is 4. The first-order valence-corrected chi connectivity index (χ1v) is 8.79. The zero-order valence-corrected chi connectivity index (χ0v) is 14.9. The van der Waals surface area contributed by atoms with Crippen molar-refractivity contribution in [2.45, 2.75) is 25.1 Å².